The Hall–Kier alpha value is -1.44. The summed E-state index contributed by atoms with van der Waals surface area (Å²) in [5, 5.41) is 2.68. The Bertz CT molecular complexity index is 622. The highest BCUT2D eigenvalue weighted by atomic mass is 32.2. The van der Waals surface area contributed by atoms with E-state index in [4.69, 9.17) is 5.73 Å². The molecule has 1 fully saturated rings. The smallest absolute Gasteiger partial charge is 0.244 e. The number of sulfonamides is 1. The number of anilines is 1. The number of hydrogen-bond donors (Lipinski definition) is 3. The van der Waals surface area contributed by atoms with Crippen molar-refractivity contribution in [2.75, 3.05) is 12.4 Å². The van der Waals surface area contributed by atoms with Crippen molar-refractivity contribution in [1.29, 1.82) is 0 Å². The molecule has 1 aromatic rings. The first kappa shape index (κ1) is 15.9. The lowest BCUT2D eigenvalue weighted by molar-refractivity contribution is -0.122. The Morgan fingerprint density at radius 3 is 2.43 bits per heavy atom. The van der Waals surface area contributed by atoms with E-state index in [1.807, 2.05) is 0 Å². The molecule has 0 radical (unpaired) electrons. The van der Waals surface area contributed by atoms with Crippen LogP contribution in [-0.4, -0.2) is 26.9 Å². The Labute approximate surface area is 125 Å². The van der Waals surface area contributed by atoms with Crippen molar-refractivity contribution in [3.8, 4) is 0 Å². The number of nitrogens with one attached hydrogen (secondary N) is 2. The standard InChI is InChI=1S/C14H21N3O3S/c1-16-21(19,20)12-8-4-3-7-11(12)17-13(18)14(15)9-5-2-6-10-14/h3-4,7-8,16H,2,5-6,9-10,15H2,1H3,(H,17,18). The molecule has 116 valence electrons. The summed E-state index contributed by atoms with van der Waals surface area (Å²) in [7, 11) is -2.30. The van der Waals surface area contributed by atoms with Gasteiger partial charge in [0.1, 0.15) is 4.90 Å². The predicted molar refractivity (Wildman–Crippen MR) is 81.3 cm³/mol. The highest BCUT2D eigenvalue weighted by molar-refractivity contribution is 7.89. The lowest BCUT2D eigenvalue weighted by Gasteiger charge is -2.32. The lowest BCUT2D eigenvalue weighted by atomic mass is 9.82. The van der Waals surface area contributed by atoms with Crippen LogP contribution >= 0.6 is 0 Å². The van der Waals surface area contributed by atoms with E-state index in [2.05, 4.69) is 10.0 Å². The van der Waals surface area contributed by atoms with E-state index in [0.29, 0.717) is 12.8 Å². The van der Waals surface area contributed by atoms with Crippen LogP contribution in [0, 0.1) is 0 Å². The monoisotopic (exact) mass is 311 g/mol. The quantitative estimate of drug-likeness (QED) is 0.777. The van der Waals surface area contributed by atoms with Crippen molar-refractivity contribution in [2.24, 2.45) is 5.73 Å². The number of nitrogens with two attached hydrogens (primary N) is 1. The maximum atomic E-state index is 12.4. The number of carbonyl (C=O) groups excluding carboxylic acids is 1. The highest BCUT2D eigenvalue weighted by Gasteiger charge is 2.35. The molecule has 4 N–H and O–H groups in total. The summed E-state index contributed by atoms with van der Waals surface area (Å²) in [6.07, 6.45) is 4.16. The molecule has 21 heavy (non-hydrogen) atoms. The Morgan fingerprint density at radius 1 is 1.19 bits per heavy atom. The SMILES string of the molecule is CNS(=O)(=O)c1ccccc1NC(=O)C1(N)CCCCC1. The van der Waals surface area contributed by atoms with E-state index >= 15 is 0 Å². The van der Waals surface area contributed by atoms with Crippen LogP contribution in [-0.2, 0) is 14.8 Å². The number of carbonyl (C=O) groups is 1. The summed E-state index contributed by atoms with van der Waals surface area (Å²) in [6, 6.07) is 6.30. The molecule has 0 spiro atoms. The summed E-state index contributed by atoms with van der Waals surface area (Å²) < 4.78 is 26.2. The number of para-hydroxylation sites is 1. The maximum absolute atomic E-state index is 12.4. The minimum Gasteiger partial charge on any atom is -0.323 e. The third-order valence-electron chi connectivity index (χ3n) is 3.89. The molecule has 0 bridgehead atoms. The molecular formula is C14H21N3O3S. The minimum absolute atomic E-state index is 0.0419. The molecule has 0 saturated heterocycles. The largest absolute Gasteiger partial charge is 0.323 e. The van der Waals surface area contributed by atoms with Crippen LogP contribution in [0.4, 0.5) is 5.69 Å². The number of hydrogen-bond acceptors (Lipinski definition) is 4. The van der Waals surface area contributed by atoms with Crippen LogP contribution in [0.15, 0.2) is 29.2 Å². The summed E-state index contributed by atoms with van der Waals surface area (Å²) >= 11 is 0. The first-order valence-corrected chi connectivity index (χ1v) is 8.50. The van der Waals surface area contributed by atoms with Crippen LogP contribution < -0.4 is 15.8 Å². The molecular weight excluding hydrogens is 290 g/mol. The van der Waals surface area contributed by atoms with E-state index in [-0.39, 0.29) is 16.5 Å². The average molecular weight is 311 g/mol. The second kappa shape index (κ2) is 6.13. The van der Waals surface area contributed by atoms with E-state index in [1.54, 1.807) is 18.2 Å². The predicted octanol–water partition coefficient (Wildman–Crippen LogP) is 1.19. The van der Waals surface area contributed by atoms with Gasteiger partial charge >= 0.3 is 0 Å². The summed E-state index contributed by atoms with van der Waals surface area (Å²) in [5.74, 6) is -0.319. The van der Waals surface area contributed by atoms with Crippen molar-refractivity contribution >= 4 is 21.6 Å². The fourth-order valence-electron chi connectivity index (χ4n) is 2.57. The zero-order valence-corrected chi connectivity index (χ0v) is 12.9. The van der Waals surface area contributed by atoms with Gasteiger partial charge in [-0.2, -0.15) is 0 Å². The van der Waals surface area contributed by atoms with Crippen LogP contribution in [0.3, 0.4) is 0 Å². The fourth-order valence-corrected chi connectivity index (χ4v) is 3.46. The van der Waals surface area contributed by atoms with Crippen molar-refractivity contribution in [3.05, 3.63) is 24.3 Å². The van der Waals surface area contributed by atoms with E-state index in [1.165, 1.54) is 13.1 Å². The fraction of sp³-hybridized carbons (Fsp3) is 0.500. The minimum atomic E-state index is -3.63. The summed E-state index contributed by atoms with van der Waals surface area (Å²) in [5.41, 5.74) is 5.51. The molecule has 2 rings (SSSR count). The molecule has 1 aromatic carbocycles. The van der Waals surface area contributed by atoms with Gasteiger partial charge in [0.25, 0.3) is 0 Å². The Morgan fingerprint density at radius 2 is 1.81 bits per heavy atom. The molecule has 1 saturated carbocycles. The van der Waals surface area contributed by atoms with E-state index in [0.717, 1.165) is 19.3 Å². The van der Waals surface area contributed by atoms with Crippen molar-refractivity contribution < 1.29 is 13.2 Å². The van der Waals surface area contributed by atoms with Gasteiger partial charge in [0.05, 0.1) is 11.2 Å². The van der Waals surface area contributed by atoms with Gasteiger partial charge in [-0.1, -0.05) is 31.4 Å². The van der Waals surface area contributed by atoms with Gasteiger partial charge in [-0.15, -0.1) is 0 Å². The topological polar surface area (TPSA) is 101 Å². The lowest BCUT2D eigenvalue weighted by Crippen LogP contribution is -2.52. The van der Waals surface area contributed by atoms with Gasteiger partial charge in [-0.25, -0.2) is 13.1 Å². The molecule has 6 nitrogen and oxygen atoms in total. The van der Waals surface area contributed by atoms with Gasteiger partial charge in [-0.3, -0.25) is 4.79 Å². The van der Waals surface area contributed by atoms with E-state index < -0.39 is 15.6 Å². The molecule has 1 aliphatic rings. The second-order valence-electron chi connectivity index (χ2n) is 5.37. The van der Waals surface area contributed by atoms with E-state index in [9.17, 15) is 13.2 Å². The van der Waals surface area contributed by atoms with Crippen molar-refractivity contribution in [2.45, 2.75) is 42.5 Å². The van der Waals surface area contributed by atoms with Crippen LogP contribution in [0.1, 0.15) is 32.1 Å². The molecule has 0 atom stereocenters. The van der Waals surface area contributed by atoms with Gasteiger partial charge in [0.2, 0.25) is 15.9 Å². The molecule has 0 aromatic heterocycles. The first-order chi connectivity index (χ1) is 9.89. The van der Waals surface area contributed by atoms with Gasteiger partial charge in [-0.05, 0) is 32.0 Å². The number of amides is 1. The molecule has 0 aliphatic heterocycles. The summed E-state index contributed by atoms with van der Waals surface area (Å²) in [4.78, 5) is 12.4. The highest BCUT2D eigenvalue weighted by Crippen LogP contribution is 2.28. The molecule has 7 heteroatoms. The third kappa shape index (κ3) is 3.42. The molecule has 0 unspecified atom stereocenters. The Balaban J connectivity index is 2.26. The normalized spacial score (nSPS) is 18.2. The van der Waals surface area contributed by atoms with Gasteiger partial charge in [0.15, 0.2) is 0 Å². The van der Waals surface area contributed by atoms with Crippen molar-refractivity contribution in [1.82, 2.24) is 4.72 Å². The van der Waals surface area contributed by atoms with Crippen molar-refractivity contribution in [3.63, 3.8) is 0 Å². The average Bonchev–Trinajstić information content (AvgIpc) is 2.48. The van der Waals surface area contributed by atoms with Crippen LogP contribution in [0.2, 0.25) is 0 Å². The van der Waals surface area contributed by atoms with Crippen LogP contribution in [0.5, 0.6) is 0 Å². The number of benzene rings is 1. The van der Waals surface area contributed by atoms with Gasteiger partial charge in [0, 0.05) is 0 Å². The number of rotatable bonds is 4. The van der Waals surface area contributed by atoms with Gasteiger partial charge < -0.3 is 11.1 Å². The molecule has 0 heterocycles. The Kier molecular flexibility index (Phi) is 4.65. The molecule has 1 amide bonds. The summed E-state index contributed by atoms with van der Waals surface area (Å²) in [6.45, 7) is 0. The maximum Gasteiger partial charge on any atom is 0.244 e. The van der Waals surface area contributed by atoms with Crippen LogP contribution in [0.25, 0.3) is 0 Å². The molecule has 1 aliphatic carbocycles. The zero-order chi connectivity index (χ0) is 15.5. The zero-order valence-electron chi connectivity index (χ0n) is 12.1. The third-order valence-corrected chi connectivity index (χ3v) is 5.36. The second-order valence-corrected chi connectivity index (χ2v) is 7.23. The first-order valence-electron chi connectivity index (χ1n) is 7.02.